The van der Waals surface area contributed by atoms with Gasteiger partial charge in [-0.3, -0.25) is 19.7 Å². The van der Waals surface area contributed by atoms with Crippen molar-refractivity contribution >= 4 is 63.0 Å². The molecule has 0 fully saturated rings. The third kappa shape index (κ3) is 6.73. The Hall–Kier alpha value is -3.73. The minimum atomic E-state index is -0.519. The monoisotopic (exact) mass is 552 g/mol. The first-order valence-corrected chi connectivity index (χ1v) is 13.3. The maximum absolute atomic E-state index is 13.0. The summed E-state index contributed by atoms with van der Waals surface area (Å²) in [5.74, 6) is -0.562. The number of benzene rings is 3. The number of amides is 2. The highest BCUT2D eigenvalue weighted by Gasteiger charge is 2.20. The summed E-state index contributed by atoms with van der Waals surface area (Å²) in [7, 11) is 0. The van der Waals surface area contributed by atoms with Crippen LogP contribution in [0.3, 0.4) is 0 Å². The standard InChI is InChI=1S/C26H21ClN4O4S2/c1-2-23(25(33)30-26-29-22(15-36-26)20-8-3-4-9-21(20)27)37-19-7-5-6-17(14-19)28-24(32)16-10-12-18(13-11-16)31(34)35/h3-15,23H,2H2,1H3,(H,28,32)(H,29,30,33). The molecule has 0 saturated carbocycles. The Balaban J connectivity index is 1.39. The lowest BCUT2D eigenvalue weighted by Gasteiger charge is -2.14. The van der Waals surface area contributed by atoms with Gasteiger partial charge in [-0.15, -0.1) is 23.1 Å². The van der Waals surface area contributed by atoms with Gasteiger partial charge in [-0.25, -0.2) is 4.98 Å². The van der Waals surface area contributed by atoms with Crippen molar-refractivity contribution in [1.82, 2.24) is 4.98 Å². The molecule has 11 heteroatoms. The zero-order valence-corrected chi connectivity index (χ0v) is 21.9. The van der Waals surface area contributed by atoms with Gasteiger partial charge in [0.2, 0.25) is 5.91 Å². The fourth-order valence-corrected chi connectivity index (χ4v) is 5.34. The number of aromatic nitrogens is 1. The first-order chi connectivity index (χ1) is 17.8. The zero-order chi connectivity index (χ0) is 26.4. The highest BCUT2D eigenvalue weighted by Crippen LogP contribution is 2.32. The molecule has 0 spiro atoms. The van der Waals surface area contributed by atoms with Crippen LogP contribution in [0.4, 0.5) is 16.5 Å². The van der Waals surface area contributed by atoms with Crippen molar-refractivity contribution in [3.8, 4) is 11.3 Å². The molecule has 8 nitrogen and oxygen atoms in total. The second-order valence-electron chi connectivity index (χ2n) is 7.81. The van der Waals surface area contributed by atoms with E-state index in [9.17, 15) is 19.7 Å². The molecule has 0 bridgehead atoms. The first-order valence-electron chi connectivity index (χ1n) is 11.2. The Labute approximate surface area is 226 Å². The van der Waals surface area contributed by atoms with E-state index in [1.807, 2.05) is 36.6 Å². The summed E-state index contributed by atoms with van der Waals surface area (Å²) in [5, 5.41) is 19.0. The van der Waals surface area contributed by atoms with Gasteiger partial charge in [0, 0.05) is 44.2 Å². The number of anilines is 2. The second kappa shape index (κ2) is 12.0. The maximum Gasteiger partial charge on any atom is 0.269 e. The summed E-state index contributed by atoms with van der Waals surface area (Å²) < 4.78 is 0. The molecule has 4 rings (SSSR count). The minimum Gasteiger partial charge on any atom is -0.322 e. The van der Waals surface area contributed by atoms with E-state index in [4.69, 9.17) is 11.6 Å². The van der Waals surface area contributed by atoms with Crippen LogP contribution in [-0.2, 0) is 4.79 Å². The van der Waals surface area contributed by atoms with Crippen LogP contribution < -0.4 is 10.6 Å². The molecule has 2 N–H and O–H groups in total. The van der Waals surface area contributed by atoms with Gasteiger partial charge in [-0.1, -0.05) is 42.8 Å². The molecule has 188 valence electrons. The summed E-state index contributed by atoms with van der Waals surface area (Å²) in [4.78, 5) is 41.1. The van der Waals surface area contributed by atoms with Crippen LogP contribution in [0.1, 0.15) is 23.7 Å². The van der Waals surface area contributed by atoms with Gasteiger partial charge in [0.05, 0.1) is 15.9 Å². The molecule has 1 heterocycles. The molecule has 1 aromatic heterocycles. The van der Waals surface area contributed by atoms with E-state index in [1.165, 1.54) is 47.4 Å². The number of hydrogen-bond acceptors (Lipinski definition) is 7. The third-order valence-corrected chi connectivity index (χ3v) is 7.70. The molecular weight excluding hydrogens is 532 g/mol. The Morgan fingerprint density at radius 1 is 1.08 bits per heavy atom. The summed E-state index contributed by atoms with van der Waals surface area (Å²) in [5.41, 5.74) is 2.26. The van der Waals surface area contributed by atoms with Gasteiger partial charge in [0.1, 0.15) is 0 Å². The number of rotatable bonds is 9. The predicted molar refractivity (Wildman–Crippen MR) is 149 cm³/mol. The van der Waals surface area contributed by atoms with Crippen molar-refractivity contribution in [2.75, 3.05) is 10.6 Å². The van der Waals surface area contributed by atoms with Crippen molar-refractivity contribution in [2.24, 2.45) is 0 Å². The lowest BCUT2D eigenvalue weighted by Crippen LogP contribution is -2.24. The SMILES string of the molecule is CCC(Sc1cccc(NC(=O)c2ccc([N+](=O)[O-])cc2)c1)C(=O)Nc1nc(-c2ccccc2Cl)cs1. The van der Waals surface area contributed by atoms with Crippen molar-refractivity contribution in [1.29, 1.82) is 0 Å². The van der Waals surface area contributed by atoms with Crippen LogP contribution in [0, 0.1) is 10.1 Å². The topological polar surface area (TPSA) is 114 Å². The molecule has 2 amide bonds. The minimum absolute atomic E-state index is 0.0864. The van der Waals surface area contributed by atoms with Crippen LogP contribution in [0.5, 0.6) is 0 Å². The number of nitrogens with zero attached hydrogens (tertiary/aromatic N) is 2. The molecule has 4 aromatic rings. The van der Waals surface area contributed by atoms with E-state index >= 15 is 0 Å². The summed E-state index contributed by atoms with van der Waals surface area (Å²) in [6.07, 6.45) is 0.582. The van der Waals surface area contributed by atoms with E-state index in [0.29, 0.717) is 33.5 Å². The quantitative estimate of drug-likeness (QED) is 0.130. The summed E-state index contributed by atoms with van der Waals surface area (Å²) in [6.45, 7) is 1.93. The van der Waals surface area contributed by atoms with E-state index in [1.54, 1.807) is 24.3 Å². The van der Waals surface area contributed by atoms with Crippen LogP contribution in [0.15, 0.2) is 83.1 Å². The second-order valence-corrected chi connectivity index (χ2v) is 10.3. The summed E-state index contributed by atoms with van der Waals surface area (Å²) >= 11 is 8.97. The number of hydrogen-bond donors (Lipinski definition) is 2. The van der Waals surface area contributed by atoms with E-state index < -0.39 is 4.92 Å². The normalized spacial score (nSPS) is 11.5. The lowest BCUT2D eigenvalue weighted by atomic mass is 10.2. The molecule has 0 aliphatic carbocycles. The van der Waals surface area contributed by atoms with Crippen LogP contribution >= 0.6 is 34.7 Å². The number of carbonyl (C=O) groups excluding carboxylic acids is 2. The van der Waals surface area contributed by atoms with Crippen LogP contribution in [0.25, 0.3) is 11.3 Å². The first kappa shape index (κ1) is 26.3. The largest absolute Gasteiger partial charge is 0.322 e. The van der Waals surface area contributed by atoms with Gasteiger partial charge in [0.15, 0.2) is 5.13 Å². The molecule has 0 saturated heterocycles. The van der Waals surface area contributed by atoms with Crippen molar-refractivity contribution in [2.45, 2.75) is 23.5 Å². The van der Waals surface area contributed by atoms with E-state index in [-0.39, 0.29) is 22.8 Å². The van der Waals surface area contributed by atoms with Crippen LogP contribution in [0.2, 0.25) is 5.02 Å². The summed E-state index contributed by atoms with van der Waals surface area (Å²) in [6, 6.07) is 19.9. The molecule has 0 aliphatic heterocycles. The highest BCUT2D eigenvalue weighted by atomic mass is 35.5. The molecule has 1 atom stereocenters. The molecule has 1 unspecified atom stereocenters. The van der Waals surface area contributed by atoms with Gasteiger partial charge < -0.3 is 10.6 Å². The lowest BCUT2D eigenvalue weighted by molar-refractivity contribution is -0.384. The smallest absolute Gasteiger partial charge is 0.269 e. The fraction of sp³-hybridized carbons (Fsp3) is 0.115. The average Bonchev–Trinajstić information content (AvgIpc) is 3.35. The molecule has 3 aromatic carbocycles. The van der Waals surface area contributed by atoms with E-state index in [0.717, 1.165) is 10.5 Å². The predicted octanol–water partition coefficient (Wildman–Crippen LogP) is 7.13. The average molecular weight is 553 g/mol. The van der Waals surface area contributed by atoms with Gasteiger partial charge in [0.25, 0.3) is 11.6 Å². The van der Waals surface area contributed by atoms with Crippen LogP contribution in [-0.4, -0.2) is 27.0 Å². The van der Waals surface area contributed by atoms with Gasteiger partial charge >= 0.3 is 0 Å². The third-order valence-electron chi connectivity index (χ3n) is 5.26. The number of nitro benzene ring substituents is 1. The van der Waals surface area contributed by atoms with Crippen molar-refractivity contribution in [3.05, 3.63) is 98.9 Å². The number of halogens is 1. The van der Waals surface area contributed by atoms with Crippen molar-refractivity contribution < 1.29 is 14.5 Å². The number of nitrogens with one attached hydrogen (secondary N) is 2. The Bertz CT molecular complexity index is 1440. The Morgan fingerprint density at radius 2 is 1.84 bits per heavy atom. The van der Waals surface area contributed by atoms with E-state index in [2.05, 4.69) is 15.6 Å². The zero-order valence-electron chi connectivity index (χ0n) is 19.5. The van der Waals surface area contributed by atoms with Gasteiger partial charge in [-0.2, -0.15) is 0 Å². The molecule has 0 aliphatic rings. The molecular formula is C26H21ClN4O4S2. The number of non-ortho nitro benzene ring substituents is 1. The number of thioether (sulfide) groups is 1. The number of thiazole rings is 1. The van der Waals surface area contributed by atoms with Gasteiger partial charge in [-0.05, 0) is 42.8 Å². The van der Waals surface area contributed by atoms with Crippen molar-refractivity contribution in [3.63, 3.8) is 0 Å². The Kier molecular flexibility index (Phi) is 8.54. The number of nitro groups is 1. The maximum atomic E-state index is 13.0. The fourth-order valence-electron chi connectivity index (χ4n) is 3.38. The highest BCUT2D eigenvalue weighted by molar-refractivity contribution is 8.00. The Morgan fingerprint density at radius 3 is 2.54 bits per heavy atom. The molecule has 0 radical (unpaired) electrons. The molecule has 37 heavy (non-hydrogen) atoms. The number of carbonyl (C=O) groups is 2.